The first-order valence-electron chi connectivity index (χ1n) is 5.22. The molecule has 0 amide bonds. The minimum atomic E-state index is -0.0965. The van der Waals surface area contributed by atoms with Crippen molar-refractivity contribution in [1.82, 2.24) is 15.5 Å². The van der Waals surface area contributed by atoms with Crippen LogP contribution in [-0.2, 0) is 10.2 Å². The van der Waals surface area contributed by atoms with Gasteiger partial charge in [0, 0.05) is 12.0 Å². The van der Waals surface area contributed by atoms with Gasteiger partial charge in [-0.3, -0.25) is 0 Å². The van der Waals surface area contributed by atoms with Crippen molar-refractivity contribution < 1.29 is 9.15 Å². The Labute approximate surface area is 89.2 Å². The molecule has 5 nitrogen and oxygen atoms in total. The second-order valence-electron chi connectivity index (χ2n) is 4.78. The van der Waals surface area contributed by atoms with Crippen molar-refractivity contribution in [2.24, 2.45) is 0 Å². The zero-order chi connectivity index (χ0) is 10.9. The van der Waals surface area contributed by atoms with E-state index in [0.717, 1.165) is 13.2 Å². The Morgan fingerprint density at radius 3 is 2.67 bits per heavy atom. The Balaban J connectivity index is 2.12. The lowest BCUT2D eigenvalue weighted by Crippen LogP contribution is -2.34. The zero-order valence-corrected chi connectivity index (χ0v) is 9.41. The number of ether oxygens (including phenoxy) is 1. The molecule has 5 heteroatoms. The molecule has 0 aromatic carbocycles. The van der Waals surface area contributed by atoms with E-state index in [1.54, 1.807) is 0 Å². The van der Waals surface area contributed by atoms with Crippen LogP contribution in [0.1, 0.15) is 38.6 Å². The number of nitrogens with one attached hydrogen (secondary N) is 1. The van der Waals surface area contributed by atoms with Crippen LogP contribution in [0.25, 0.3) is 0 Å². The van der Waals surface area contributed by atoms with Crippen molar-refractivity contribution in [3.63, 3.8) is 0 Å². The van der Waals surface area contributed by atoms with Crippen LogP contribution < -0.4 is 5.32 Å². The van der Waals surface area contributed by atoms with Crippen LogP contribution in [0.3, 0.4) is 0 Å². The molecule has 1 N–H and O–H groups in total. The summed E-state index contributed by atoms with van der Waals surface area (Å²) in [4.78, 5) is 0. The van der Waals surface area contributed by atoms with Gasteiger partial charge in [0.25, 0.3) is 0 Å². The van der Waals surface area contributed by atoms with Gasteiger partial charge >= 0.3 is 0 Å². The summed E-state index contributed by atoms with van der Waals surface area (Å²) in [5, 5.41) is 11.4. The molecule has 15 heavy (non-hydrogen) atoms. The third-order valence-electron chi connectivity index (χ3n) is 2.30. The van der Waals surface area contributed by atoms with Gasteiger partial charge in [0.2, 0.25) is 11.8 Å². The first-order valence-corrected chi connectivity index (χ1v) is 5.22. The van der Waals surface area contributed by atoms with Gasteiger partial charge < -0.3 is 14.5 Å². The Morgan fingerprint density at radius 1 is 1.33 bits per heavy atom. The minimum Gasteiger partial charge on any atom is -0.423 e. The summed E-state index contributed by atoms with van der Waals surface area (Å²) >= 11 is 0. The normalized spacial score (nSPS) is 23.0. The number of nitrogens with zero attached hydrogens (tertiary/aromatic N) is 2. The molecule has 2 rings (SSSR count). The monoisotopic (exact) mass is 211 g/mol. The average Bonchev–Trinajstić information content (AvgIpc) is 2.67. The van der Waals surface area contributed by atoms with Gasteiger partial charge in [-0.25, -0.2) is 0 Å². The summed E-state index contributed by atoms with van der Waals surface area (Å²) in [5.41, 5.74) is -0.0965. The predicted octanol–water partition coefficient (Wildman–Crippen LogP) is 1.03. The summed E-state index contributed by atoms with van der Waals surface area (Å²) in [6, 6.07) is 0.0438. The van der Waals surface area contributed by atoms with Gasteiger partial charge in [-0.05, 0) is 0 Å². The molecule has 1 aliphatic heterocycles. The highest BCUT2D eigenvalue weighted by Crippen LogP contribution is 2.23. The Morgan fingerprint density at radius 2 is 2.13 bits per heavy atom. The van der Waals surface area contributed by atoms with E-state index >= 15 is 0 Å². The molecule has 0 saturated carbocycles. The van der Waals surface area contributed by atoms with Crippen LogP contribution >= 0.6 is 0 Å². The van der Waals surface area contributed by atoms with Gasteiger partial charge in [0.1, 0.15) is 6.04 Å². The fourth-order valence-corrected chi connectivity index (χ4v) is 1.40. The maximum atomic E-state index is 5.62. The molecule has 84 valence electrons. The van der Waals surface area contributed by atoms with Crippen LogP contribution in [0.4, 0.5) is 0 Å². The molecule has 0 radical (unpaired) electrons. The molecule has 0 bridgehead atoms. The average molecular weight is 211 g/mol. The molecular formula is C10H17N3O2. The fraction of sp³-hybridized carbons (Fsp3) is 0.800. The fourth-order valence-electron chi connectivity index (χ4n) is 1.40. The summed E-state index contributed by atoms with van der Waals surface area (Å²) in [7, 11) is 0. The molecular weight excluding hydrogens is 194 g/mol. The van der Waals surface area contributed by atoms with Gasteiger partial charge in [-0.1, -0.05) is 20.8 Å². The van der Waals surface area contributed by atoms with E-state index in [9.17, 15) is 0 Å². The lowest BCUT2D eigenvalue weighted by Gasteiger charge is -2.20. The van der Waals surface area contributed by atoms with Gasteiger partial charge in [-0.15, -0.1) is 10.2 Å². The molecule has 2 heterocycles. The Bertz CT molecular complexity index is 324. The van der Waals surface area contributed by atoms with Crippen molar-refractivity contribution in [2.45, 2.75) is 32.2 Å². The molecule has 0 aliphatic carbocycles. The van der Waals surface area contributed by atoms with E-state index in [-0.39, 0.29) is 11.5 Å². The molecule has 0 spiro atoms. The molecule has 1 unspecified atom stereocenters. The van der Waals surface area contributed by atoms with E-state index in [1.165, 1.54) is 0 Å². The maximum absolute atomic E-state index is 5.62. The highest BCUT2D eigenvalue weighted by atomic mass is 16.5. The highest BCUT2D eigenvalue weighted by Gasteiger charge is 2.26. The minimum absolute atomic E-state index is 0.0438. The summed E-state index contributed by atoms with van der Waals surface area (Å²) < 4.78 is 11.0. The van der Waals surface area contributed by atoms with Crippen molar-refractivity contribution in [2.75, 3.05) is 19.8 Å². The van der Waals surface area contributed by atoms with Crippen molar-refractivity contribution in [3.05, 3.63) is 11.8 Å². The van der Waals surface area contributed by atoms with Crippen LogP contribution in [0.2, 0.25) is 0 Å². The van der Waals surface area contributed by atoms with Gasteiger partial charge in [0.15, 0.2) is 0 Å². The molecule has 1 fully saturated rings. The third kappa shape index (κ3) is 2.35. The molecule has 1 saturated heterocycles. The van der Waals surface area contributed by atoms with Crippen LogP contribution in [-0.4, -0.2) is 30.0 Å². The van der Waals surface area contributed by atoms with Crippen molar-refractivity contribution in [1.29, 1.82) is 0 Å². The Kier molecular flexibility index (Phi) is 2.75. The van der Waals surface area contributed by atoms with Gasteiger partial charge in [-0.2, -0.15) is 0 Å². The first-order chi connectivity index (χ1) is 7.07. The zero-order valence-electron chi connectivity index (χ0n) is 9.41. The van der Waals surface area contributed by atoms with Crippen LogP contribution in [0.5, 0.6) is 0 Å². The summed E-state index contributed by atoms with van der Waals surface area (Å²) in [6.07, 6.45) is 0. The topological polar surface area (TPSA) is 60.2 Å². The largest absolute Gasteiger partial charge is 0.423 e. The number of hydrogen-bond acceptors (Lipinski definition) is 5. The third-order valence-corrected chi connectivity index (χ3v) is 2.30. The summed E-state index contributed by atoms with van der Waals surface area (Å²) in [5.74, 6) is 1.30. The lowest BCUT2D eigenvalue weighted by molar-refractivity contribution is 0.0673. The number of hydrogen-bond donors (Lipinski definition) is 1. The Hall–Kier alpha value is -0.940. The lowest BCUT2D eigenvalue weighted by atomic mass is 9.97. The van der Waals surface area contributed by atoms with E-state index < -0.39 is 0 Å². The quantitative estimate of drug-likeness (QED) is 0.751. The molecule has 1 atom stereocenters. The second kappa shape index (κ2) is 3.90. The predicted molar refractivity (Wildman–Crippen MR) is 54.6 cm³/mol. The molecule has 1 aromatic heterocycles. The molecule has 1 aliphatic rings. The van der Waals surface area contributed by atoms with Gasteiger partial charge in [0.05, 0.1) is 13.2 Å². The van der Waals surface area contributed by atoms with E-state index in [0.29, 0.717) is 18.4 Å². The first kappa shape index (κ1) is 10.6. The van der Waals surface area contributed by atoms with E-state index in [4.69, 9.17) is 9.15 Å². The van der Waals surface area contributed by atoms with E-state index in [2.05, 4.69) is 36.3 Å². The van der Waals surface area contributed by atoms with Crippen molar-refractivity contribution in [3.8, 4) is 0 Å². The van der Waals surface area contributed by atoms with Crippen LogP contribution in [0, 0.1) is 0 Å². The van der Waals surface area contributed by atoms with Crippen LogP contribution in [0.15, 0.2) is 4.42 Å². The number of rotatable bonds is 1. The van der Waals surface area contributed by atoms with E-state index in [1.807, 2.05) is 0 Å². The number of aromatic nitrogens is 2. The highest BCUT2D eigenvalue weighted by molar-refractivity contribution is 4.99. The maximum Gasteiger partial charge on any atom is 0.235 e. The SMILES string of the molecule is CC(C)(C)c1nnc(C2COCCN2)o1. The smallest absolute Gasteiger partial charge is 0.235 e. The summed E-state index contributed by atoms with van der Waals surface area (Å²) in [6.45, 7) is 8.33. The standard InChI is InChI=1S/C10H17N3O2/c1-10(2,3)9-13-12-8(15-9)7-6-14-5-4-11-7/h7,11H,4-6H2,1-3H3. The molecule has 1 aromatic rings. The second-order valence-corrected chi connectivity index (χ2v) is 4.78. The number of morpholine rings is 1. The van der Waals surface area contributed by atoms with Crippen molar-refractivity contribution >= 4 is 0 Å².